The lowest BCUT2D eigenvalue weighted by Gasteiger charge is -2.14. The second kappa shape index (κ2) is 9.03. The molecule has 2 N–H and O–H groups in total. The topological polar surface area (TPSA) is 93.7 Å². The zero-order valence-corrected chi connectivity index (χ0v) is 15.5. The van der Waals surface area contributed by atoms with Crippen LogP contribution in [0.4, 0.5) is 5.69 Å². The number of carbonyl (C=O) groups is 3. The number of para-hydroxylation sites is 2. The molecular formula is C21H22N2O5. The molecule has 0 spiro atoms. The van der Waals surface area contributed by atoms with Crippen molar-refractivity contribution in [3.8, 4) is 5.75 Å². The Hall–Kier alpha value is -3.35. The number of rotatable bonds is 8. The van der Waals surface area contributed by atoms with Gasteiger partial charge in [0.15, 0.2) is 12.7 Å². The number of nitrogens with one attached hydrogen (secondary N) is 2. The quantitative estimate of drug-likeness (QED) is 0.685. The van der Waals surface area contributed by atoms with E-state index >= 15 is 0 Å². The lowest BCUT2D eigenvalue weighted by Crippen LogP contribution is -2.30. The normalized spacial score (nSPS) is 13.9. The number of hydrogen-bond donors (Lipinski definition) is 2. The first-order chi connectivity index (χ1) is 13.5. The van der Waals surface area contributed by atoms with Gasteiger partial charge >= 0.3 is 5.97 Å². The van der Waals surface area contributed by atoms with E-state index in [0.29, 0.717) is 17.0 Å². The van der Waals surface area contributed by atoms with Crippen LogP contribution in [-0.4, -0.2) is 36.5 Å². The summed E-state index contributed by atoms with van der Waals surface area (Å²) in [4.78, 5) is 36.4. The number of anilines is 1. The predicted octanol–water partition coefficient (Wildman–Crippen LogP) is 2.53. The summed E-state index contributed by atoms with van der Waals surface area (Å²) in [6, 6.07) is 15.8. The maximum Gasteiger partial charge on any atom is 0.347 e. The van der Waals surface area contributed by atoms with Crippen LogP contribution >= 0.6 is 0 Å². The fourth-order valence-corrected chi connectivity index (χ4v) is 2.47. The highest BCUT2D eigenvalue weighted by Crippen LogP contribution is 2.21. The Kier molecular flexibility index (Phi) is 6.26. The van der Waals surface area contributed by atoms with Gasteiger partial charge in [-0.1, -0.05) is 30.3 Å². The van der Waals surface area contributed by atoms with Crippen LogP contribution < -0.4 is 15.4 Å². The van der Waals surface area contributed by atoms with Crippen LogP contribution in [0.2, 0.25) is 0 Å². The second-order valence-corrected chi connectivity index (χ2v) is 6.52. The zero-order valence-electron chi connectivity index (χ0n) is 15.5. The first-order valence-corrected chi connectivity index (χ1v) is 9.11. The average Bonchev–Trinajstić information content (AvgIpc) is 3.51. The molecule has 1 aliphatic rings. The molecule has 0 saturated heterocycles. The van der Waals surface area contributed by atoms with Crippen molar-refractivity contribution in [2.75, 3.05) is 11.9 Å². The van der Waals surface area contributed by atoms with Crippen molar-refractivity contribution < 1.29 is 23.9 Å². The minimum Gasteiger partial charge on any atom is -0.479 e. The highest BCUT2D eigenvalue weighted by Gasteiger charge is 2.25. The van der Waals surface area contributed by atoms with Crippen molar-refractivity contribution >= 4 is 23.5 Å². The Balaban J connectivity index is 1.50. The molecular weight excluding hydrogens is 360 g/mol. The molecule has 1 aliphatic carbocycles. The van der Waals surface area contributed by atoms with Gasteiger partial charge in [-0.05, 0) is 44.0 Å². The molecule has 1 fully saturated rings. The molecule has 28 heavy (non-hydrogen) atoms. The number of hydrogen-bond acceptors (Lipinski definition) is 5. The molecule has 146 valence electrons. The lowest BCUT2D eigenvalue weighted by molar-refractivity contribution is -0.153. The van der Waals surface area contributed by atoms with E-state index in [-0.39, 0.29) is 11.9 Å². The summed E-state index contributed by atoms with van der Waals surface area (Å²) < 4.78 is 10.5. The van der Waals surface area contributed by atoms with Gasteiger partial charge in [0.05, 0.1) is 11.3 Å². The summed E-state index contributed by atoms with van der Waals surface area (Å²) in [6.07, 6.45) is 1.09. The fourth-order valence-electron chi connectivity index (χ4n) is 2.47. The van der Waals surface area contributed by atoms with Crippen molar-refractivity contribution in [2.45, 2.75) is 31.9 Å². The number of amides is 2. The van der Waals surface area contributed by atoms with E-state index in [0.717, 1.165) is 12.8 Å². The van der Waals surface area contributed by atoms with Gasteiger partial charge in [0.2, 0.25) is 0 Å². The first-order valence-electron chi connectivity index (χ1n) is 9.11. The van der Waals surface area contributed by atoms with Crippen LogP contribution in [0.1, 0.15) is 30.1 Å². The van der Waals surface area contributed by atoms with Crippen molar-refractivity contribution in [3.63, 3.8) is 0 Å². The van der Waals surface area contributed by atoms with Gasteiger partial charge in [-0.3, -0.25) is 9.59 Å². The molecule has 2 aromatic carbocycles. The van der Waals surface area contributed by atoms with Gasteiger partial charge in [-0.2, -0.15) is 0 Å². The maximum absolute atomic E-state index is 12.3. The number of benzene rings is 2. The third kappa shape index (κ3) is 5.57. The third-order valence-electron chi connectivity index (χ3n) is 4.09. The van der Waals surface area contributed by atoms with Crippen LogP contribution in [0.25, 0.3) is 0 Å². The van der Waals surface area contributed by atoms with Crippen LogP contribution in [0.15, 0.2) is 54.6 Å². The molecule has 0 heterocycles. The van der Waals surface area contributed by atoms with Crippen LogP contribution in [-0.2, 0) is 14.3 Å². The van der Waals surface area contributed by atoms with Crippen LogP contribution in [0.5, 0.6) is 5.75 Å². The van der Waals surface area contributed by atoms with Gasteiger partial charge < -0.3 is 20.1 Å². The lowest BCUT2D eigenvalue weighted by atomic mass is 10.1. The first kappa shape index (κ1) is 19.4. The van der Waals surface area contributed by atoms with Crippen LogP contribution in [0, 0.1) is 0 Å². The molecule has 7 heteroatoms. The van der Waals surface area contributed by atoms with E-state index in [4.69, 9.17) is 9.47 Å². The van der Waals surface area contributed by atoms with E-state index in [1.807, 2.05) is 6.07 Å². The molecule has 0 bridgehead atoms. The smallest absolute Gasteiger partial charge is 0.347 e. The number of esters is 1. The Morgan fingerprint density at radius 3 is 2.43 bits per heavy atom. The van der Waals surface area contributed by atoms with Gasteiger partial charge in [0, 0.05) is 6.04 Å². The Morgan fingerprint density at radius 2 is 1.71 bits per heavy atom. The molecule has 3 rings (SSSR count). The zero-order chi connectivity index (χ0) is 19.9. The van der Waals surface area contributed by atoms with Gasteiger partial charge in [-0.25, -0.2) is 4.79 Å². The van der Waals surface area contributed by atoms with E-state index in [2.05, 4.69) is 10.6 Å². The van der Waals surface area contributed by atoms with Crippen LogP contribution in [0.3, 0.4) is 0 Å². The van der Waals surface area contributed by atoms with E-state index in [1.165, 1.54) is 0 Å². The number of ether oxygens (including phenoxy) is 2. The molecule has 0 unspecified atom stereocenters. The third-order valence-corrected chi connectivity index (χ3v) is 4.09. The van der Waals surface area contributed by atoms with Crippen molar-refractivity contribution in [1.29, 1.82) is 0 Å². The minimum absolute atomic E-state index is 0.211. The highest BCUT2D eigenvalue weighted by atomic mass is 16.6. The predicted molar refractivity (Wildman–Crippen MR) is 103 cm³/mol. The summed E-state index contributed by atoms with van der Waals surface area (Å²) in [5.41, 5.74) is 0.741. The second-order valence-electron chi connectivity index (χ2n) is 6.52. The molecule has 0 aliphatic heterocycles. The summed E-state index contributed by atoms with van der Waals surface area (Å²) >= 11 is 0. The molecule has 0 radical (unpaired) electrons. The monoisotopic (exact) mass is 382 g/mol. The summed E-state index contributed by atoms with van der Waals surface area (Å²) in [5.74, 6) is -0.891. The van der Waals surface area contributed by atoms with Gasteiger partial charge in [0.25, 0.3) is 11.8 Å². The SMILES string of the molecule is C[C@@H](Oc1ccccc1)C(=O)OCC(=O)Nc1ccccc1C(=O)NC1CC1. The standard InChI is InChI=1S/C21H22N2O5/c1-14(28-16-7-3-2-4-8-16)21(26)27-13-19(24)23-18-10-6-5-9-17(18)20(25)22-15-11-12-15/h2-10,14-15H,11-13H2,1H3,(H,22,25)(H,23,24)/t14-/m1/s1. The van der Waals surface area contributed by atoms with Gasteiger partial charge in [-0.15, -0.1) is 0 Å². The van der Waals surface area contributed by atoms with E-state index < -0.39 is 24.6 Å². The molecule has 2 aromatic rings. The minimum atomic E-state index is -0.855. The molecule has 7 nitrogen and oxygen atoms in total. The van der Waals surface area contributed by atoms with Crippen molar-refractivity contribution in [3.05, 3.63) is 60.2 Å². The average molecular weight is 382 g/mol. The Morgan fingerprint density at radius 1 is 1.04 bits per heavy atom. The summed E-state index contributed by atoms with van der Waals surface area (Å²) in [7, 11) is 0. The summed E-state index contributed by atoms with van der Waals surface area (Å²) in [6.45, 7) is 1.07. The van der Waals surface area contributed by atoms with E-state index in [9.17, 15) is 14.4 Å². The van der Waals surface area contributed by atoms with Gasteiger partial charge in [0.1, 0.15) is 5.75 Å². The molecule has 2 amide bonds. The van der Waals surface area contributed by atoms with E-state index in [1.54, 1.807) is 55.5 Å². The largest absolute Gasteiger partial charge is 0.479 e. The fraction of sp³-hybridized carbons (Fsp3) is 0.286. The van der Waals surface area contributed by atoms with Crippen molar-refractivity contribution in [1.82, 2.24) is 5.32 Å². The highest BCUT2D eigenvalue weighted by molar-refractivity contribution is 6.04. The molecule has 1 saturated carbocycles. The maximum atomic E-state index is 12.3. The van der Waals surface area contributed by atoms with Crippen molar-refractivity contribution in [2.24, 2.45) is 0 Å². The molecule has 0 aromatic heterocycles. The summed E-state index contributed by atoms with van der Waals surface area (Å²) in [5, 5.41) is 5.49. The Bertz CT molecular complexity index is 849. The Labute approximate surface area is 163 Å². The number of carbonyl (C=O) groups excluding carboxylic acids is 3. The molecule has 1 atom stereocenters.